The molecule has 3 aliphatic rings. The van der Waals surface area contributed by atoms with Crippen LogP contribution in [0.2, 0.25) is 0 Å². The second kappa shape index (κ2) is 5.08. The molecule has 2 atom stereocenters. The van der Waals surface area contributed by atoms with E-state index in [-0.39, 0.29) is 17.9 Å². The molecule has 1 aliphatic heterocycles. The average Bonchev–Trinajstić information content (AvgIpc) is 3.12. The first kappa shape index (κ1) is 12.9. The predicted molar refractivity (Wildman–Crippen MR) is 68.3 cm³/mol. The molecule has 4 heteroatoms. The summed E-state index contributed by atoms with van der Waals surface area (Å²) in [5, 5.41) is 10.3. The third kappa shape index (κ3) is 2.44. The first-order valence-corrected chi connectivity index (χ1v) is 7.46. The maximum atomic E-state index is 10.3. The smallest absolute Gasteiger partial charge is 0.170 e. The third-order valence-corrected chi connectivity index (χ3v) is 4.52. The Morgan fingerprint density at radius 1 is 1.22 bits per heavy atom. The van der Waals surface area contributed by atoms with E-state index in [0.717, 1.165) is 32.2 Å². The molecule has 3 rings (SSSR count). The van der Waals surface area contributed by atoms with Gasteiger partial charge in [-0.1, -0.05) is 6.92 Å². The van der Waals surface area contributed by atoms with Crippen molar-refractivity contribution in [2.45, 2.75) is 69.4 Å². The number of hydrogen-bond donors (Lipinski definition) is 1. The van der Waals surface area contributed by atoms with Gasteiger partial charge in [-0.15, -0.1) is 0 Å². The Hall–Kier alpha value is -0.160. The van der Waals surface area contributed by atoms with Crippen molar-refractivity contribution in [2.24, 2.45) is 0 Å². The summed E-state index contributed by atoms with van der Waals surface area (Å²) in [5.41, 5.74) is 0. The van der Waals surface area contributed by atoms with Gasteiger partial charge in [0.25, 0.3) is 0 Å². The van der Waals surface area contributed by atoms with Crippen LogP contribution in [-0.2, 0) is 9.47 Å². The van der Waals surface area contributed by atoms with Crippen LogP contribution in [0.15, 0.2) is 0 Å². The van der Waals surface area contributed by atoms with E-state index in [1.165, 1.54) is 12.8 Å². The van der Waals surface area contributed by atoms with E-state index in [0.29, 0.717) is 19.3 Å². The van der Waals surface area contributed by atoms with Crippen molar-refractivity contribution in [1.82, 2.24) is 4.90 Å². The van der Waals surface area contributed by atoms with E-state index in [9.17, 15) is 5.11 Å². The molecule has 104 valence electrons. The minimum absolute atomic E-state index is 0.212. The number of rotatable bonds is 4. The van der Waals surface area contributed by atoms with Gasteiger partial charge in [-0.2, -0.15) is 0 Å². The molecule has 0 aromatic carbocycles. The van der Waals surface area contributed by atoms with Gasteiger partial charge in [-0.25, -0.2) is 0 Å². The zero-order valence-corrected chi connectivity index (χ0v) is 11.3. The van der Waals surface area contributed by atoms with Gasteiger partial charge in [0.05, 0.1) is 19.3 Å². The average molecular weight is 255 g/mol. The molecule has 1 spiro atoms. The monoisotopic (exact) mass is 255 g/mol. The normalized spacial score (nSPS) is 35.5. The second-order valence-corrected chi connectivity index (χ2v) is 5.95. The Balaban J connectivity index is 1.71. The lowest BCUT2D eigenvalue weighted by Crippen LogP contribution is -2.54. The van der Waals surface area contributed by atoms with Crippen molar-refractivity contribution in [1.29, 1.82) is 0 Å². The molecule has 18 heavy (non-hydrogen) atoms. The van der Waals surface area contributed by atoms with Crippen molar-refractivity contribution in [3.63, 3.8) is 0 Å². The summed E-state index contributed by atoms with van der Waals surface area (Å²) in [7, 11) is 0. The Kier molecular flexibility index (Phi) is 3.63. The Labute approximate surface area is 109 Å². The van der Waals surface area contributed by atoms with E-state index in [1.807, 2.05) is 0 Å². The highest BCUT2D eigenvalue weighted by Gasteiger charge is 2.48. The zero-order chi connectivity index (χ0) is 12.6. The predicted octanol–water partition coefficient (Wildman–Crippen LogP) is 1.52. The Bertz CT molecular complexity index is 287. The van der Waals surface area contributed by atoms with Crippen LogP contribution in [0.1, 0.15) is 45.4 Å². The molecule has 0 aromatic heterocycles. The van der Waals surface area contributed by atoms with Crippen LogP contribution in [0, 0.1) is 0 Å². The molecule has 1 N–H and O–H groups in total. The molecule has 2 saturated carbocycles. The number of aliphatic hydroxyl groups excluding tert-OH is 1. The van der Waals surface area contributed by atoms with Crippen molar-refractivity contribution >= 4 is 0 Å². The van der Waals surface area contributed by atoms with E-state index in [1.54, 1.807) is 0 Å². The Morgan fingerprint density at radius 3 is 2.56 bits per heavy atom. The van der Waals surface area contributed by atoms with E-state index in [4.69, 9.17) is 9.47 Å². The van der Waals surface area contributed by atoms with Crippen LogP contribution in [-0.4, -0.2) is 53.7 Å². The highest BCUT2D eigenvalue weighted by molar-refractivity contribution is 4.97. The minimum atomic E-state index is -0.384. The van der Waals surface area contributed by atoms with Crippen LogP contribution in [0.5, 0.6) is 0 Å². The standard InChI is InChI=1S/C14H25NO3/c1-2-7-15(11-3-4-11)12-10-14(6-5-13(12)16)17-8-9-18-14/h11-13,16H,2-10H2,1H3. The molecular weight excluding hydrogens is 230 g/mol. The molecule has 2 aliphatic carbocycles. The quantitative estimate of drug-likeness (QED) is 0.827. The molecule has 3 fully saturated rings. The maximum absolute atomic E-state index is 10.3. The van der Waals surface area contributed by atoms with Crippen LogP contribution < -0.4 is 0 Å². The topological polar surface area (TPSA) is 41.9 Å². The number of aliphatic hydroxyl groups is 1. The molecule has 0 radical (unpaired) electrons. The number of ether oxygens (including phenoxy) is 2. The third-order valence-electron chi connectivity index (χ3n) is 4.52. The molecule has 0 aromatic rings. The largest absolute Gasteiger partial charge is 0.391 e. The van der Waals surface area contributed by atoms with Gasteiger partial charge in [0.15, 0.2) is 5.79 Å². The lowest BCUT2D eigenvalue weighted by molar-refractivity contribution is -0.205. The van der Waals surface area contributed by atoms with Crippen molar-refractivity contribution in [3.8, 4) is 0 Å². The van der Waals surface area contributed by atoms with Crippen LogP contribution in [0.4, 0.5) is 0 Å². The number of nitrogens with zero attached hydrogens (tertiary/aromatic N) is 1. The van der Waals surface area contributed by atoms with Crippen molar-refractivity contribution in [2.75, 3.05) is 19.8 Å². The molecule has 2 unspecified atom stereocenters. The molecule has 0 bridgehead atoms. The van der Waals surface area contributed by atoms with Crippen molar-refractivity contribution < 1.29 is 14.6 Å². The SMILES string of the molecule is CCCN(C1CC1)C1CC2(CCC1O)OCCO2. The summed E-state index contributed by atoms with van der Waals surface area (Å²) in [6, 6.07) is 0.922. The molecule has 4 nitrogen and oxygen atoms in total. The minimum Gasteiger partial charge on any atom is -0.391 e. The van der Waals surface area contributed by atoms with Gasteiger partial charge in [0.1, 0.15) is 0 Å². The Morgan fingerprint density at radius 2 is 1.94 bits per heavy atom. The van der Waals surface area contributed by atoms with Crippen LogP contribution in [0.25, 0.3) is 0 Å². The van der Waals surface area contributed by atoms with Gasteiger partial charge in [-0.3, -0.25) is 4.90 Å². The fourth-order valence-electron chi connectivity index (χ4n) is 3.50. The fraction of sp³-hybridized carbons (Fsp3) is 1.00. The van der Waals surface area contributed by atoms with Gasteiger partial charge in [0, 0.05) is 24.9 Å². The van der Waals surface area contributed by atoms with Gasteiger partial charge < -0.3 is 14.6 Å². The lowest BCUT2D eigenvalue weighted by Gasteiger charge is -2.44. The zero-order valence-electron chi connectivity index (χ0n) is 11.3. The lowest BCUT2D eigenvalue weighted by atomic mass is 9.86. The highest BCUT2D eigenvalue weighted by atomic mass is 16.7. The summed E-state index contributed by atoms with van der Waals surface area (Å²) in [5.74, 6) is -0.384. The van der Waals surface area contributed by atoms with Gasteiger partial charge in [0.2, 0.25) is 0 Å². The highest BCUT2D eigenvalue weighted by Crippen LogP contribution is 2.41. The summed E-state index contributed by atoms with van der Waals surface area (Å²) < 4.78 is 11.7. The van der Waals surface area contributed by atoms with Crippen molar-refractivity contribution in [3.05, 3.63) is 0 Å². The molecular formula is C14H25NO3. The summed E-state index contributed by atoms with van der Waals surface area (Å²) >= 11 is 0. The van der Waals surface area contributed by atoms with Crippen LogP contribution in [0.3, 0.4) is 0 Å². The van der Waals surface area contributed by atoms with Gasteiger partial charge in [-0.05, 0) is 32.2 Å². The fourth-order valence-corrected chi connectivity index (χ4v) is 3.50. The van der Waals surface area contributed by atoms with E-state index in [2.05, 4.69) is 11.8 Å². The maximum Gasteiger partial charge on any atom is 0.170 e. The first-order chi connectivity index (χ1) is 8.74. The van der Waals surface area contributed by atoms with Gasteiger partial charge >= 0.3 is 0 Å². The summed E-state index contributed by atoms with van der Waals surface area (Å²) in [4.78, 5) is 2.51. The van der Waals surface area contributed by atoms with E-state index < -0.39 is 0 Å². The number of hydrogen-bond acceptors (Lipinski definition) is 4. The summed E-state index contributed by atoms with van der Waals surface area (Å²) in [6.45, 7) is 4.71. The molecule has 1 saturated heterocycles. The van der Waals surface area contributed by atoms with E-state index >= 15 is 0 Å². The summed E-state index contributed by atoms with van der Waals surface area (Å²) in [6.07, 6.45) is 6.00. The van der Waals surface area contributed by atoms with Crippen LogP contribution >= 0.6 is 0 Å². The second-order valence-electron chi connectivity index (χ2n) is 5.95. The molecule has 1 heterocycles. The first-order valence-electron chi connectivity index (χ1n) is 7.46. The molecule has 0 amide bonds.